The maximum absolute atomic E-state index is 12.6. The van der Waals surface area contributed by atoms with Crippen LogP contribution < -0.4 is 15.2 Å². The van der Waals surface area contributed by atoms with E-state index in [9.17, 15) is 4.79 Å². The average Bonchev–Trinajstić information content (AvgIpc) is 2.48. The molecule has 0 spiro atoms. The van der Waals surface area contributed by atoms with Crippen molar-refractivity contribution in [3.63, 3.8) is 0 Å². The zero-order chi connectivity index (χ0) is 15.0. The minimum Gasteiger partial charge on any atom is -0.486 e. The quantitative estimate of drug-likeness (QED) is 0.668. The molecule has 0 fully saturated rings. The SMILES string of the molecule is Cc1ccc(C(=O)c2cc3c(cc2Br)OCCO3)cc1N. The number of fused-ring (bicyclic) bond motifs is 1. The predicted octanol–water partition coefficient (Wildman–Crippen LogP) is 3.34. The van der Waals surface area contributed by atoms with Crippen LogP contribution in [0.3, 0.4) is 0 Å². The third-order valence-electron chi connectivity index (χ3n) is 3.42. The van der Waals surface area contributed by atoms with E-state index in [0.29, 0.717) is 46.0 Å². The summed E-state index contributed by atoms with van der Waals surface area (Å²) in [5.74, 6) is 1.13. The van der Waals surface area contributed by atoms with Gasteiger partial charge in [0.25, 0.3) is 0 Å². The monoisotopic (exact) mass is 347 g/mol. The molecule has 0 bridgehead atoms. The number of rotatable bonds is 2. The van der Waals surface area contributed by atoms with Gasteiger partial charge in [-0.15, -0.1) is 0 Å². The molecule has 0 saturated heterocycles. The first kappa shape index (κ1) is 13.9. The van der Waals surface area contributed by atoms with Gasteiger partial charge in [0.2, 0.25) is 0 Å². The fourth-order valence-electron chi connectivity index (χ4n) is 2.18. The molecular weight excluding hydrogens is 334 g/mol. The van der Waals surface area contributed by atoms with E-state index in [1.54, 1.807) is 24.3 Å². The van der Waals surface area contributed by atoms with E-state index in [1.165, 1.54) is 0 Å². The molecule has 0 atom stereocenters. The van der Waals surface area contributed by atoms with Gasteiger partial charge in [0, 0.05) is 21.3 Å². The molecule has 0 aliphatic carbocycles. The Morgan fingerprint density at radius 1 is 1.14 bits per heavy atom. The van der Waals surface area contributed by atoms with Crippen LogP contribution in [-0.2, 0) is 0 Å². The summed E-state index contributed by atoms with van der Waals surface area (Å²) in [5, 5.41) is 0. The van der Waals surface area contributed by atoms with Crippen molar-refractivity contribution in [2.75, 3.05) is 18.9 Å². The Morgan fingerprint density at radius 3 is 2.48 bits per heavy atom. The van der Waals surface area contributed by atoms with Crippen LogP contribution in [0.5, 0.6) is 11.5 Å². The van der Waals surface area contributed by atoms with Gasteiger partial charge in [0.15, 0.2) is 17.3 Å². The molecule has 0 radical (unpaired) electrons. The van der Waals surface area contributed by atoms with E-state index in [0.717, 1.165) is 5.56 Å². The second kappa shape index (κ2) is 5.41. The second-order valence-electron chi connectivity index (χ2n) is 4.88. The summed E-state index contributed by atoms with van der Waals surface area (Å²) >= 11 is 3.42. The lowest BCUT2D eigenvalue weighted by molar-refractivity contribution is 0.103. The van der Waals surface area contributed by atoms with Crippen LogP contribution in [0.15, 0.2) is 34.8 Å². The molecule has 2 aromatic carbocycles. The van der Waals surface area contributed by atoms with Crippen LogP contribution in [0.2, 0.25) is 0 Å². The Hall–Kier alpha value is -2.01. The highest BCUT2D eigenvalue weighted by molar-refractivity contribution is 9.10. The summed E-state index contributed by atoms with van der Waals surface area (Å²) in [4.78, 5) is 12.6. The van der Waals surface area contributed by atoms with Crippen LogP contribution in [0.4, 0.5) is 5.69 Å². The molecule has 5 heteroatoms. The summed E-state index contributed by atoms with van der Waals surface area (Å²) in [6, 6.07) is 8.78. The number of nitrogens with two attached hydrogens (primary N) is 1. The Morgan fingerprint density at radius 2 is 1.81 bits per heavy atom. The summed E-state index contributed by atoms with van der Waals surface area (Å²) in [7, 11) is 0. The van der Waals surface area contributed by atoms with Crippen LogP contribution in [0, 0.1) is 6.92 Å². The number of nitrogen functional groups attached to an aromatic ring is 1. The van der Waals surface area contributed by atoms with Crippen LogP contribution in [-0.4, -0.2) is 19.0 Å². The minimum absolute atomic E-state index is 0.106. The Kier molecular flexibility index (Phi) is 3.59. The number of benzene rings is 2. The van der Waals surface area contributed by atoms with Crippen molar-refractivity contribution in [3.05, 3.63) is 51.5 Å². The Balaban J connectivity index is 2.03. The molecule has 2 N–H and O–H groups in total. The van der Waals surface area contributed by atoms with Gasteiger partial charge in [-0.3, -0.25) is 4.79 Å². The molecule has 0 unspecified atom stereocenters. The van der Waals surface area contributed by atoms with E-state index in [2.05, 4.69) is 15.9 Å². The lowest BCUT2D eigenvalue weighted by Crippen LogP contribution is -2.16. The van der Waals surface area contributed by atoms with E-state index in [-0.39, 0.29) is 5.78 Å². The third-order valence-corrected chi connectivity index (χ3v) is 4.07. The number of ketones is 1. The van der Waals surface area contributed by atoms with E-state index < -0.39 is 0 Å². The highest BCUT2D eigenvalue weighted by Crippen LogP contribution is 2.36. The number of ether oxygens (including phenoxy) is 2. The first-order chi connectivity index (χ1) is 10.1. The van der Waals surface area contributed by atoms with Gasteiger partial charge in [-0.1, -0.05) is 12.1 Å². The first-order valence-corrected chi connectivity index (χ1v) is 7.35. The van der Waals surface area contributed by atoms with Crippen molar-refractivity contribution in [1.82, 2.24) is 0 Å². The molecule has 1 aliphatic heterocycles. The Bertz CT molecular complexity index is 728. The zero-order valence-corrected chi connectivity index (χ0v) is 13.1. The van der Waals surface area contributed by atoms with Crippen molar-refractivity contribution in [1.29, 1.82) is 0 Å². The summed E-state index contributed by atoms with van der Waals surface area (Å²) in [6.07, 6.45) is 0. The summed E-state index contributed by atoms with van der Waals surface area (Å²) in [6.45, 7) is 2.91. The molecule has 2 aromatic rings. The molecule has 4 nitrogen and oxygen atoms in total. The van der Waals surface area contributed by atoms with E-state index in [1.807, 2.05) is 13.0 Å². The van der Waals surface area contributed by atoms with Crippen molar-refractivity contribution >= 4 is 27.4 Å². The number of hydrogen-bond acceptors (Lipinski definition) is 4. The second-order valence-corrected chi connectivity index (χ2v) is 5.73. The van der Waals surface area contributed by atoms with Gasteiger partial charge in [0.1, 0.15) is 13.2 Å². The summed E-state index contributed by atoms with van der Waals surface area (Å²) < 4.78 is 11.7. The Labute approximate surface area is 131 Å². The maximum atomic E-state index is 12.6. The highest BCUT2D eigenvalue weighted by Gasteiger charge is 2.20. The number of anilines is 1. The van der Waals surface area contributed by atoms with Gasteiger partial charge < -0.3 is 15.2 Å². The molecule has 3 rings (SSSR count). The lowest BCUT2D eigenvalue weighted by atomic mass is 10.0. The number of carbonyl (C=O) groups excluding carboxylic acids is 1. The topological polar surface area (TPSA) is 61.5 Å². The fourth-order valence-corrected chi connectivity index (χ4v) is 2.68. The van der Waals surface area contributed by atoms with Gasteiger partial charge in [0.05, 0.1) is 0 Å². The molecule has 108 valence electrons. The molecule has 1 aliphatic rings. The van der Waals surface area contributed by atoms with Crippen LogP contribution in [0.25, 0.3) is 0 Å². The number of aryl methyl sites for hydroxylation is 1. The molecular formula is C16H14BrNO3. The van der Waals surface area contributed by atoms with E-state index >= 15 is 0 Å². The number of halogens is 1. The molecule has 0 amide bonds. The fraction of sp³-hybridized carbons (Fsp3) is 0.188. The van der Waals surface area contributed by atoms with Crippen molar-refractivity contribution in [3.8, 4) is 11.5 Å². The number of hydrogen-bond donors (Lipinski definition) is 1. The van der Waals surface area contributed by atoms with Gasteiger partial charge >= 0.3 is 0 Å². The normalized spacial score (nSPS) is 13.0. The van der Waals surface area contributed by atoms with Crippen molar-refractivity contribution < 1.29 is 14.3 Å². The van der Waals surface area contributed by atoms with Crippen molar-refractivity contribution in [2.45, 2.75) is 6.92 Å². The van der Waals surface area contributed by atoms with Crippen molar-refractivity contribution in [2.24, 2.45) is 0 Å². The minimum atomic E-state index is -0.106. The average molecular weight is 348 g/mol. The predicted molar refractivity (Wildman–Crippen MR) is 84.2 cm³/mol. The first-order valence-electron chi connectivity index (χ1n) is 6.56. The largest absolute Gasteiger partial charge is 0.486 e. The summed E-state index contributed by atoms with van der Waals surface area (Å²) in [5.41, 5.74) is 8.52. The van der Waals surface area contributed by atoms with E-state index in [4.69, 9.17) is 15.2 Å². The number of carbonyl (C=O) groups is 1. The van der Waals surface area contributed by atoms with Gasteiger partial charge in [-0.25, -0.2) is 0 Å². The molecule has 21 heavy (non-hydrogen) atoms. The molecule has 1 heterocycles. The van der Waals surface area contributed by atoms with Gasteiger partial charge in [-0.2, -0.15) is 0 Å². The smallest absolute Gasteiger partial charge is 0.194 e. The van der Waals surface area contributed by atoms with Gasteiger partial charge in [-0.05, 0) is 46.6 Å². The third kappa shape index (κ3) is 2.61. The van der Waals surface area contributed by atoms with Crippen LogP contribution >= 0.6 is 15.9 Å². The highest BCUT2D eigenvalue weighted by atomic mass is 79.9. The lowest BCUT2D eigenvalue weighted by Gasteiger charge is -2.19. The van der Waals surface area contributed by atoms with Crippen LogP contribution in [0.1, 0.15) is 21.5 Å². The zero-order valence-electron chi connectivity index (χ0n) is 11.5. The molecule has 0 aromatic heterocycles. The maximum Gasteiger partial charge on any atom is 0.194 e. The molecule has 0 saturated carbocycles. The standard InChI is InChI=1S/C16H14BrNO3/c1-9-2-3-10(6-13(9)18)16(19)11-7-14-15(8-12(11)17)21-5-4-20-14/h2-3,6-8H,4-5,18H2,1H3.